The Morgan fingerprint density at radius 2 is 1.93 bits per heavy atom. The molecular formula is C24H34ClN3O2. The first-order chi connectivity index (χ1) is 14.2. The molecule has 5 atom stereocenters. The van der Waals surface area contributed by atoms with E-state index in [-0.39, 0.29) is 35.6 Å². The Kier molecular flexibility index (Phi) is 5.88. The van der Waals surface area contributed by atoms with Gasteiger partial charge in [0, 0.05) is 42.5 Å². The summed E-state index contributed by atoms with van der Waals surface area (Å²) in [5.74, 6) is 1.20. The van der Waals surface area contributed by atoms with E-state index < -0.39 is 5.54 Å². The molecule has 1 aromatic rings. The van der Waals surface area contributed by atoms with Crippen molar-refractivity contribution in [2.45, 2.75) is 52.1 Å². The maximum absolute atomic E-state index is 13.6. The van der Waals surface area contributed by atoms with E-state index >= 15 is 0 Å². The number of nitrogens with one attached hydrogen (secondary N) is 2. The summed E-state index contributed by atoms with van der Waals surface area (Å²) in [7, 11) is 0. The average molecular weight is 432 g/mol. The van der Waals surface area contributed by atoms with Crippen molar-refractivity contribution in [1.29, 1.82) is 0 Å². The van der Waals surface area contributed by atoms with Gasteiger partial charge in [0.25, 0.3) is 0 Å². The molecule has 6 heteroatoms. The molecule has 4 bridgehead atoms. The predicted octanol–water partition coefficient (Wildman–Crippen LogP) is 3.12. The SMILES string of the molecule is CC(C)CNC(=O)C12NC(=O)C3CC1CN(CC(C)C)C2C3Cc1ccc(Cl)cc1. The summed E-state index contributed by atoms with van der Waals surface area (Å²) < 4.78 is 0. The van der Waals surface area contributed by atoms with Crippen molar-refractivity contribution in [2.75, 3.05) is 19.6 Å². The Morgan fingerprint density at radius 1 is 1.23 bits per heavy atom. The second-order valence-electron chi connectivity index (χ2n) is 10.3. The molecule has 4 fully saturated rings. The molecule has 0 aromatic heterocycles. The zero-order valence-corrected chi connectivity index (χ0v) is 19.2. The summed E-state index contributed by atoms with van der Waals surface area (Å²) in [6.45, 7) is 11.1. The molecule has 0 spiro atoms. The molecule has 3 saturated heterocycles. The summed E-state index contributed by atoms with van der Waals surface area (Å²) in [4.78, 5) is 29.2. The van der Waals surface area contributed by atoms with Crippen LogP contribution in [0.3, 0.4) is 0 Å². The molecule has 1 saturated carbocycles. The van der Waals surface area contributed by atoms with Crippen molar-refractivity contribution in [3.63, 3.8) is 0 Å². The highest BCUT2D eigenvalue weighted by Crippen LogP contribution is 2.53. The van der Waals surface area contributed by atoms with Crippen LogP contribution in [0, 0.1) is 29.6 Å². The van der Waals surface area contributed by atoms with Crippen molar-refractivity contribution in [3.8, 4) is 0 Å². The Hall–Kier alpha value is -1.59. The lowest BCUT2D eigenvalue weighted by molar-refractivity contribution is -0.154. The lowest BCUT2D eigenvalue weighted by atomic mass is 9.58. The number of benzene rings is 1. The minimum atomic E-state index is -0.813. The van der Waals surface area contributed by atoms with Crippen LogP contribution < -0.4 is 10.6 Å². The van der Waals surface area contributed by atoms with Gasteiger partial charge in [-0.2, -0.15) is 0 Å². The molecule has 5 nitrogen and oxygen atoms in total. The zero-order chi connectivity index (χ0) is 21.6. The van der Waals surface area contributed by atoms with Crippen LogP contribution in [0.5, 0.6) is 0 Å². The largest absolute Gasteiger partial charge is 0.354 e. The first kappa shape index (κ1) is 21.6. The van der Waals surface area contributed by atoms with Crippen LogP contribution in [0.2, 0.25) is 5.02 Å². The molecule has 3 heterocycles. The van der Waals surface area contributed by atoms with Gasteiger partial charge >= 0.3 is 0 Å². The number of amides is 2. The zero-order valence-electron chi connectivity index (χ0n) is 18.5. The normalized spacial score (nSPS) is 32.7. The molecule has 1 aliphatic carbocycles. The fraction of sp³-hybridized carbons (Fsp3) is 0.667. The van der Waals surface area contributed by atoms with Crippen molar-refractivity contribution < 1.29 is 9.59 Å². The van der Waals surface area contributed by atoms with Crippen molar-refractivity contribution in [3.05, 3.63) is 34.9 Å². The van der Waals surface area contributed by atoms with Gasteiger partial charge < -0.3 is 10.6 Å². The van der Waals surface area contributed by atoms with Crippen LogP contribution in [0.1, 0.15) is 39.7 Å². The third kappa shape index (κ3) is 3.64. The number of fused-ring (bicyclic) bond motifs is 1. The first-order valence-electron chi connectivity index (χ1n) is 11.3. The first-order valence-corrected chi connectivity index (χ1v) is 11.7. The molecule has 164 valence electrons. The third-order valence-corrected chi connectivity index (χ3v) is 7.37. The Labute approximate surface area is 184 Å². The Balaban J connectivity index is 1.70. The maximum atomic E-state index is 13.6. The molecule has 4 aliphatic rings. The van der Waals surface area contributed by atoms with Crippen LogP contribution in [-0.4, -0.2) is 47.9 Å². The van der Waals surface area contributed by atoms with Gasteiger partial charge in [0.1, 0.15) is 5.54 Å². The van der Waals surface area contributed by atoms with Crippen molar-refractivity contribution >= 4 is 23.4 Å². The van der Waals surface area contributed by atoms with E-state index in [1.807, 2.05) is 24.3 Å². The van der Waals surface area contributed by atoms with E-state index in [1.165, 1.54) is 5.56 Å². The Bertz CT molecular complexity index is 809. The van der Waals surface area contributed by atoms with Gasteiger partial charge in [-0.1, -0.05) is 51.4 Å². The van der Waals surface area contributed by atoms with E-state index in [9.17, 15) is 9.59 Å². The minimum Gasteiger partial charge on any atom is -0.354 e. The summed E-state index contributed by atoms with van der Waals surface area (Å²) >= 11 is 6.08. The highest BCUT2D eigenvalue weighted by Gasteiger charge is 2.70. The number of nitrogens with zero attached hydrogens (tertiary/aromatic N) is 1. The number of hydrogen-bond acceptors (Lipinski definition) is 3. The molecule has 5 unspecified atom stereocenters. The molecule has 1 aromatic carbocycles. The monoisotopic (exact) mass is 431 g/mol. The van der Waals surface area contributed by atoms with Crippen molar-refractivity contribution in [1.82, 2.24) is 15.5 Å². The molecule has 2 amide bonds. The van der Waals surface area contributed by atoms with E-state index in [1.54, 1.807) is 0 Å². The fourth-order valence-corrected chi connectivity index (χ4v) is 6.16. The van der Waals surface area contributed by atoms with E-state index in [0.717, 1.165) is 25.9 Å². The number of carbonyl (C=O) groups is 2. The number of rotatable bonds is 7. The molecule has 0 radical (unpaired) electrons. The number of halogens is 1. The van der Waals surface area contributed by atoms with E-state index in [2.05, 4.69) is 43.2 Å². The molecule has 2 N–H and O–H groups in total. The van der Waals surface area contributed by atoms with Crippen LogP contribution in [0.15, 0.2) is 24.3 Å². The van der Waals surface area contributed by atoms with Gasteiger partial charge in [-0.05, 0) is 48.3 Å². The molecule has 5 rings (SSSR count). The fourth-order valence-electron chi connectivity index (χ4n) is 6.04. The summed E-state index contributed by atoms with van der Waals surface area (Å²) in [5, 5.41) is 7.10. The van der Waals surface area contributed by atoms with Gasteiger partial charge in [-0.3, -0.25) is 14.5 Å². The summed E-state index contributed by atoms with van der Waals surface area (Å²) in [5.41, 5.74) is 0.364. The van der Waals surface area contributed by atoms with Gasteiger partial charge in [-0.25, -0.2) is 0 Å². The van der Waals surface area contributed by atoms with Gasteiger partial charge in [0.05, 0.1) is 0 Å². The number of hydrogen-bond donors (Lipinski definition) is 2. The van der Waals surface area contributed by atoms with E-state index in [4.69, 9.17) is 11.6 Å². The smallest absolute Gasteiger partial charge is 0.247 e. The molecule has 30 heavy (non-hydrogen) atoms. The Morgan fingerprint density at radius 3 is 2.57 bits per heavy atom. The molecular weight excluding hydrogens is 398 g/mol. The van der Waals surface area contributed by atoms with Gasteiger partial charge in [0.2, 0.25) is 11.8 Å². The van der Waals surface area contributed by atoms with E-state index in [0.29, 0.717) is 23.4 Å². The van der Waals surface area contributed by atoms with Gasteiger partial charge in [-0.15, -0.1) is 0 Å². The third-order valence-electron chi connectivity index (χ3n) is 7.12. The quantitative estimate of drug-likeness (QED) is 0.697. The lowest BCUT2D eigenvalue weighted by Crippen LogP contribution is -2.78. The summed E-state index contributed by atoms with van der Waals surface area (Å²) in [6.07, 6.45) is 1.59. The second kappa shape index (κ2) is 8.16. The average Bonchev–Trinajstić information content (AvgIpc) is 2.89. The highest BCUT2D eigenvalue weighted by atomic mass is 35.5. The number of piperidine rings is 2. The van der Waals surface area contributed by atoms with Crippen LogP contribution in [-0.2, 0) is 16.0 Å². The van der Waals surface area contributed by atoms with Gasteiger partial charge in [0.15, 0.2) is 0 Å². The molecule has 3 aliphatic heterocycles. The summed E-state index contributed by atoms with van der Waals surface area (Å²) in [6, 6.07) is 7.95. The minimum absolute atomic E-state index is 0.00469. The maximum Gasteiger partial charge on any atom is 0.247 e. The number of likely N-dealkylation sites (tertiary alicyclic amines) is 1. The standard InChI is InChI=1S/C24H34ClN3O2/c1-14(2)11-26-23(30)24-17-10-20(22(29)27-24)19(9-16-5-7-18(25)8-6-16)21(24)28(13-17)12-15(3)4/h5-8,14-15,17,19-21H,9-13H2,1-4H3,(H,26,30)(H,27,29). The second-order valence-corrected chi connectivity index (χ2v) is 10.7. The van der Waals surface area contributed by atoms with Crippen molar-refractivity contribution in [2.24, 2.45) is 29.6 Å². The lowest BCUT2D eigenvalue weighted by Gasteiger charge is -2.55. The predicted molar refractivity (Wildman–Crippen MR) is 119 cm³/mol. The van der Waals surface area contributed by atoms with Crippen LogP contribution >= 0.6 is 11.6 Å². The van der Waals surface area contributed by atoms with Crippen LogP contribution in [0.25, 0.3) is 0 Å². The topological polar surface area (TPSA) is 61.4 Å². The van der Waals surface area contributed by atoms with Crippen LogP contribution in [0.4, 0.5) is 0 Å². The highest BCUT2D eigenvalue weighted by molar-refractivity contribution is 6.30. The number of carbonyl (C=O) groups excluding carboxylic acids is 2.